The lowest BCUT2D eigenvalue weighted by molar-refractivity contribution is 0.0109. The molecular formula is C14H9N3O5. The summed E-state index contributed by atoms with van der Waals surface area (Å²) in [6, 6.07) is 6.41. The van der Waals surface area contributed by atoms with Crippen LogP contribution in [0.2, 0.25) is 0 Å². The molecule has 0 fully saturated rings. The van der Waals surface area contributed by atoms with E-state index in [9.17, 15) is 19.2 Å². The van der Waals surface area contributed by atoms with E-state index in [2.05, 4.69) is 10.3 Å². The summed E-state index contributed by atoms with van der Waals surface area (Å²) in [5.74, 6) is -1.33. The van der Waals surface area contributed by atoms with Crippen LogP contribution in [0.1, 0.15) is 26.3 Å². The Morgan fingerprint density at radius 1 is 1.14 bits per heavy atom. The van der Waals surface area contributed by atoms with Gasteiger partial charge in [-0.15, -0.1) is 0 Å². The van der Waals surface area contributed by atoms with Gasteiger partial charge >= 0.3 is 11.7 Å². The lowest BCUT2D eigenvalue weighted by Gasteiger charge is -2.22. The Morgan fingerprint density at radius 2 is 1.86 bits per heavy atom. The van der Waals surface area contributed by atoms with Crippen molar-refractivity contribution in [2.45, 2.75) is 5.72 Å². The van der Waals surface area contributed by atoms with Gasteiger partial charge in [0.2, 0.25) is 5.78 Å². The van der Waals surface area contributed by atoms with Crippen molar-refractivity contribution in [2.75, 3.05) is 5.32 Å². The first-order valence-electron chi connectivity index (χ1n) is 6.45. The molecule has 0 aliphatic carbocycles. The molecule has 1 spiro atoms. The molecular weight excluding hydrogens is 290 g/mol. The Balaban J connectivity index is 2.03. The zero-order valence-corrected chi connectivity index (χ0v) is 11.3. The minimum absolute atomic E-state index is 0.0308. The zero-order chi connectivity index (χ0) is 15.6. The third kappa shape index (κ3) is 1.26. The summed E-state index contributed by atoms with van der Waals surface area (Å²) in [4.78, 5) is 50.4. The smallest absolute Gasteiger partial charge is 0.341 e. The fourth-order valence-electron chi connectivity index (χ4n) is 2.86. The molecule has 2 aliphatic heterocycles. The van der Waals surface area contributed by atoms with Crippen molar-refractivity contribution in [1.29, 1.82) is 0 Å². The summed E-state index contributed by atoms with van der Waals surface area (Å²) in [5.41, 5.74) is -2.92. The van der Waals surface area contributed by atoms with Gasteiger partial charge in [-0.1, -0.05) is 18.2 Å². The molecule has 0 saturated carbocycles. The van der Waals surface area contributed by atoms with Crippen LogP contribution in [-0.4, -0.2) is 21.3 Å². The number of aromatic amines is 1. The number of carbonyl (C=O) groups excluding carboxylic acids is 2. The predicted octanol–water partition coefficient (Wildman–Crippen LogP) is -0.295. The van der Waals surface area contributed by atoms with Gasteiger partial charge in [-0.05, 0) is 6.07 Å². The van der Waals surface area contributed by atoms with Crippen molar-refractivity contribution >= 4 is 17.6 Å². The van der Waals surface area contributed by atoms with E-state index in [1.165, 1.54) is 13.1 Å². The number of ketones is 1. The number of benzene rings is 1. The molecule has 8 heteroatoms. The van der Waals surface area contributed by atoms with Crippen molar-refractivity contribution < 1.29 is 14.3 Å². The van der Waals surface area contributed by atoms with Gasteiger partial charge in [0.05, 0.1) is 5.56 Å². The number of aromatic nitrogens is 2. The Kier molecular flexibility index (Phi) is 2.13. The summed E-state index contributed by atoms with van der Waals surface area (Å²) >= 11 is 0. The highest BCUT2D eigenvalue weighted by Crippen LogP contribution is 2.43. The van der Waals surface area contributed by atoms with Crippen molar-refractivity contribution in [3.63, 3.8) is 0 Å². The van der Waals surface area contributed by atoms with Gasteiger partial charge in [0.25, 0.3) is 11.3 Å². The summed E-state index contributed by atoms with van der Waals surface area (Å²) in [6.45, 7) is 0. The van der Waals surface area contributed by atoms with Crippen LogP contribution >= 0.6 is 0 Å². The fraction of sp³-hybridized carbons (Fsp3) is 0.143. The fourth-order valence-corrected chi connectivity index (χ4v) is 2.86. The molecule has 3 heterocycles. The molecule has 2 N–H and O–H groups in total. The SMILES string of the molecule is Cn1c2c(c(=O)[nH]c1=O)C(=O)C1(N2)OC(=O)c2ccccc21. The minimum atomic E-state index is -1.78. The van der Waals surface area contributed by atoms with E-state index < -0.39 is 28.7 Å². The van der Waals surface area contributed by atoms with Crippen LogP contribution in [0.5, 0.6) is 0 Å². The topological polar surface area (TPSA) is 110 Å². The molecule has 8 nitrogen and oxygen atoms in total. The Morgan fingerprint density at radius 3 is 2.64 bits per heavy atom. The Labute approximate surface area is 122 Å². The summed E-state index contributed by atoms with van der Waals surface area (Å²) in [7, 11) is 1.40. The average Bonchev–Trinajstić information content (AvgIpc) is 2.95. The highest BCUT2D eigenvalue weighted by molar-refractivity contribution is 6.16. The monoisotopic (exact) mass is 299 g/mol. The number of nitrogens with one attached hydrogen (secondary N) is 2. The van der Waals surface area contributed by atoms with Gasteiger partial charge < -0.3 is 10.1 Å². The molecule has 1 unspecified atom stereocenters. The second-order valence-corrected chi connectivity index (χ2v) is 5.11. The number of H-pyrrole nitrogens is 1. The molecule has 4 rings (SSSR count). The Hall–Kier alpha value is -3.16. The minimum Gasteiger partial charge on any atom is -0.423 e. The number of carbonyl (C=O) groups is 2. The van der Waals surface area contributed by atoms with Crippen molar-refractivity contribution in [1.82, 2.24) is 9.55 Å². The summed E-state index contributed by atoms with van der Waals surface area (Å²) in [5, 5.41) is 2.75. The summed E-state index contributed by atoms with van der Waals surface area (Å²) < 4.78 is 6.35. The van der Waals surface area contributed by atoms with Crippen LogP contribution in [0, 0.1) is 0 Å². The first-order chi connectivity index (χ1) is 10.5. The molecule has 1 aromatic heterocycles. The first kappa shape index (κ1) is 12.6. The highest BCUT2D eigenvalue weighted by atomic mass is 16.6. The third-order valence-electron chi connectivity index (χ3n) is 3.94. The van der Waals surface area contributed by atoms with E-state index in [1.54, 1.807) is 18.2 Å². The average molecular weight is 299 g/mol. The largest absolute Gasteiger partial charge is 0.423 e. The van der Waals surface area contributed by atoms with Crippen LogP contribution in [0.3, 0.4) is 0 Å². The highest BCUT2D eigenvalue weighted by Gasteiger charge is 2.58. The second kappa shape index (κ2) is 3.73. The lowest BCUT2D eigenvalue weighted by atomic mass is 9.96. The van der Waals surface area contributed by atoms with Crippen LogP contribution < -0.4 is 16.6 Å². The van der Waals surface area contributed by atoms with E-state index in [1.807, 2.05) is 0 Å². The van der Waals surface area contributed by atoms with Crippen molar-refractivity contribution in [2.24, 2.45) is 7.05 Å². The number of nitrogens with zero attached hydrogens (tertiary/aromatic N) is 1. The number of fused-ring (bicyclic) bond motifs is 3. The van der Waals surface area contributed by atoms with Gasteiger partial charge in [0.15, 0.2) is 0 Å². The number of hydrogen-bond donors (Lipinski definition) is 2. The lowest BCUT2D eigenvalue weighted by Crippen LogP contribution is -2.39. The maximum Gasteiger partial charge on any atom is 0.341 e. The molecule has 1 atom stereocenters. The van der Waals surface area contributed by atoms with Gasteiger partial charge in [-0.2, -0.15) is 0 Å². The maximum absolute atomic E-state index is 12.7. The number of Topliss-reactive ketones (excluding diaryl/α,β-unsaturated/α-hetero) is 1. The molecule has 0 saturated heterocycles. The van der Waals surface area contributed by atoms with Crippen molar-refractivity contribution in [3.8, 4) is 0 Å². The van der Waals surface area contributed by atoms with E-state index in [0.717, 1.165) is 4.57 Å². The van der Waals surface area contributed by atoms with Crippen LogP contribution in [0.15, 0.2) is 33.9 Å². The first-order valence-corrected chi connectivity index (χ1v) is 6.45. The number of ether oxygens (including phenoxy) is 1. The molecule has 2 aromatic rings. The molecule has 0 radical (unpaired) electrons. The van der Waals surface area contributed by atoms with E-state index in [0.29, 0.717) is 5.56 Å². The zero-order valence-electron chi connectivity index (χ0n) is 11.3. The molecule has 22 heavy (non-hydrogen) atoms. The van der Waals surface area contributed by atoms with Gasteiger partial charge in [0, 0.05) is 12.6 Å². The number of hydrogen-bond acceptors (Lipinski definition) is 6. The third-order valence-corrected chi connectivity index (χ3v) is 3.94. The van der Waals surface area contributed by atoms with Crippen LogP contribution in [-0.2, 0) is 17.5 Å². The van der Waals surface area contributed by atoms with Gasteiger partial charge in [-0.3, -0.25) is 19.1 Å². The number of esters is 1. The van der Waals surface area contributed by atoms with Crippen LogP contribution in [0.4, 0.5) is 5.82 Å². The number of rotatable bonds is 0. The maximum atomic E-state index is 12.7. The normalized spacial score (nSPS) is 21.5. The van der Waals surface area contributed by atoms with E-state index >= 15 is 0 Å². The second-order valence-electron chi connectivity index (χ2n) is 5.11. The molecule has 110 valence electrons. The van der Waals surface area contributed by atoms with E-state index in [4.69, 9.17) is 4.74 Å². The van der Waals surface area contributed by atoms with E-state index in [-0.39, 0.29) is 16.9 Å². The van der Waals surface area contributed by atoms with Crippen molar-refractivity contribution in [3.05, 3.63) is 61.8 Å². The predicted molar refractivity (Wildman–Crippen MR) is 73.8 cm³/mol. The molecule has 0 bridgehead atoms. The standard InChI is InChI=1S/C14H9N3O5/c1-17-10-8(11(19)15-13(17)21)9(18)14(16-10)7-5-3-2-4-6(7)12(20)22-14/h2-5,16H,1H3,(H,15,19,21). The molecule has 2 aliphatic rings. The summed E-state index contributed by atoms with van der Waals surface area (Å²) in [6.07, 6.45) is 0. The van der Waals surface area contributed by atoms with Gasteiger partial charge in [-0.25, -0.2) is 9.59 Å². The molecule has 1 aromatic carbocycles. The number of anilines is 1. The molecule has 0 amide bonds. The Bertz CT molecular complexity index is 987. The quantitative estimate of drug-likeness (QED) is 0.647. The van der Waals surface area contributed by atoms with Gasteiger partial charge in [0.1, 0.15) is 11.4 Å². The van der Waals surface area contributed by atoms with Crippen LogP contribution in [0.25, 0.3) is 0 Å².